The molecule has 110 valence electrons. The summed E-state index contributed by atoms with van der Waals surface area (Å²) in [6.45, 7) is 4.88. The normalized spacial score (nSPS) is 11.5. The van der Waals surface area contributed by atoms with Crippen molar-refractivity contribution in [3.05, 3.63) is 64.7 Å². The summed E-state index contributed by atoms with van der Waals surface area (Å²) >= 11 is 0. The Balaban J connectivity index is 2.18. The molecule has 0 saturated carbocycles. The van der Waals surface area contributed by atoms with E-state index in [2.05, 4.69) is 48.3 Å². The van der Waals surface area contributed by atoms with Crippen molar-refractivity contribution in [1.29, 1.82) is 0 Å². The second kappa shape index (κ2) is 6.31. The van der Waals surface area contributed by atoms with Crippen LogP contribution in [0.3, 0.4) is 0 Å². The van der Waals surface area contributed by atoms with Gasteiger partial charge in [-0.25, -0.2) is 0 Å². The fourth-order valence-corrected chi connectivity index (χ4v) is 2.29. The molecular weight excluding hydrogens is 262 g/mol. The molecule has 0 atom stereocenters. The molecule has 2 aromatic rings. The van der Waals surface area contributed by atoms with Crippen LogP contribution in [0.2, 0.25) is 0 Å². The number of hydrogen-bond acceptors (Lipinski definition) is 3. The van der Waals surface area contributed by atoms with Gasteiger partial charge in [-0.1, -0.05) is 35.0 Å². The predicted molar refractivity (Wildman–Crippen MR) is 87.0 cm³/mol. The lowest BCUT2D eigenvalue weighted by molar-refractivity contribution is 0.318. The van der Waals surface area contributed by atoms with Gasteiger partial charge in [0.05, 0.1) is 0 Å². The molecule has 0 aliphatic carbocycles. The molecule has 0 aromatic heterocycles. The molecule has 21 heavy (non-hydrogen) atoms. The van der Waals surface area contributed by atoms with Gasteiger partial charge in [0, 0.05) is 24.8 Å². The first-order chi connectivity index (χ1) is 10.0. The lowest BCUT2D eigenvalue weighted by Gasteiger charge is -2.21. The van der Waals surface area contributed by atoms with Crippen LogP contribution in [0.5, 0.6) is 0 Å². The molecule has 2 rings (SSSR count). The Morgan fingerprint density at radius 3 is 2.38 bits per heavy atom. The number of amidine groups is 1. The van der Waals surface area contributed by atoms with Crippen molar-refractivity contribution in [2.45, 2.75) is 20.4 Å². The Labute approximate surface area is 125 Å². The number of nitrogens with two attached hydrogens (primary N) is 1. The van der Waals surface area contributed by atoms with Crippen LogP contribution in [0, 0.1) is 13.8 Å². The van der Waals surface area contributed by atoms with Gasteiger partial charge in [-0.05, 0) is 43.2 Å². The third-order valence-corrected chi connectivity index (χ3v) is 3.57. The predicted octanol–water partition coefficient (Wildman–Crippen LogP) is 3.03. The number of oxime groups is 1. The van der Waals surface area contributed by atoms with Crippen molar-refractivity contribution >= 4 is 11.5 Å². The van der Waals surface area contributed by atoms with Gasteiger partial charge in [0.15, 0.2) is 5.84 Å². The lowest BCUT2D eigenvalue weighted by Crippen LogP contribution is -2.18. The first-order valence-electron chi connectivity index (χ1n) is 6.86. The molecule has 0 unspecified atom stereocenters. The van der Waals surface area contributed by atoms with Crippen LogP contribution in [-0.4, -0.2) is 18.1 Å². The Kier molecular flexibility index (Phi) is 4.48. The Morgan fingerprint density at radius 1 is 1.14 bits per heavy atom. The molecule has 0 spiro atoms. The smallest absolute Gasteiger partial charge is 0.170 e. The van der Waals surface area contributed by atoms with E-state index in [9.17, 15) is 0 Å². The second-order valence-corrected chi connectivity index (χ2v) is 5.33. The van der Waals surface area contributed by atoms with Crippen molar-refractivity contribution < 1.29 is 5.21 Å². The van der Waals surface area contributed by atoms with Crippen LogP contribution in [-0.2, 0) is 6.54 Å². The maximum Gasteiger partial charge on any atom is 0.170 e. The minimum atomic E-state index is 0.139. The second-order valence-electron chi connectivity index (χ2n) is 5.33. The van der Waals surface area contributed by atoms with Gasteiger partial charge >= 0.3 is 0 Å². The van der Waals surface area contributed by atoms with Crippen LogP contribution < -0.4 is 10.6 Å². The topological polar surface area (TPSA) is 61.8 Å². The fourth-order valence-electron chi connectivity index (χ4n) is 2.29. The van der Waals surface area contributed by atoms with E-state index in [-0.39, 0.29) is 5.84 Å². The quantitative estimate of drug-likeness (QED) is 0.392. The van der Waals surface area contributed by atoms with Gasteiger partial charge in [-0.3, -0.25) is 0 Å². The van der Waals surface area contributed by atoms with Crippen molar-refractivity contribution in [1.82, 2.24) is 0 Å². The summed E-state index contributed by atoms with van der Waals surface area (Å²) in [4.78, 5) is 2.17. The third-order valence-electron chi connectivity index (χ3n) is 3.57. The van der Waals surface area contributed by atoms with E-state index in [4.69, 9.17) is 10.9 Å². The highest BCUT2D eigenvalue weighted by atomic mass is 16.4. The molecule has 4 nitrogen and oxygen atoms in total. The van der Waals surface area contributed by atoms with E-state index in [1.807, 2.05) is 25.1 Å². The van der Waals surface area contributed by atoms with Gasteiger partial charge in [0.25, 0.3) is 0 Å². The molecular formula is C17H21N3O. The Bertz CT molecular complexity index is 648. The fraction of sp³-hybridized carbons (Fsp3) is 0.235. The van der Waals surface area contributed by atoms with Crippen LogP contribution >= 0.6 is 0 Å². The van der Waals surface area contributed by atoms with E-state index in [0.29, 0.717) is 0 Å². The first kappa shape index (κ1) is 14.9. The number of hydrogen-bond donors (Lipinski definition) is 2. The number of anilines is 1. The van der Waals surface area contributed by atoms with E-state index in [1.54, 1.807) is 0 Å². The standard InChI is InChI=1S/C17H21N3O/c1-12-4-6-14(7-5-12)11-20(3)15-8-9-16(13(2)10-15)17(18)19-21/h4-10,21H,11H2,1-3H3,(H2,18,19). The maximum absolute atomic E-state index is 8.76. The zero-order chi connectivity index (χ0) is 15.4. The lowest BCUT2D eigenvalue weighted by atomic mass is 10.1. The van der Waals surface area contributed by atoms with Gasteiger partial charge < -0.3 is 15.8 Å². The molecule has 0 aliphatic rings. The summed E-state index contributed by atoms with van der Waals surface area (Å²) in [6.07, 6.45) is 0. The molecule has 0 aliphatic heterocycles. The first-order valence-corrected chi connectivity index (χ1v) is 6.86. The van der Waals surface area contributed by atoms with Crippen LogP contribution in [0.25, 0.3) is 0 Å². The Hall–Kier alpha value is -2.49. The largest absolute Gasteiger partial charge is 0.409 e. The highest BCUT2D eigenvalue weighted by Crippen LogP contribution is 2.20. The van der Waals surface area contributed by atoms with Gasteiger partial charge in [-0.15, -0.1) is 0 Å². The summed E-state index contributed by atoms with van der Waals surface area (Å²) in [5.74, 6) is 0.139. The minimum Gasteiger partial charge on any atom is -0.409 e. The molecule has 0 saturated heterocycles. The van der Waals surface area contributed by atoms with Crippen molar-refractivity contribution in [3.63, 3.8) is 0 Å². The average molecular weight is 283 g/mol. The highest BCUT2D eigenvalue weighted by Gasteiger charge is 2.07. The van der Waals surface area contributed by atoms with Gasteiger partial charge in [0.2, 0.25) is 0 Å². The number of aryl methyl sites for hydroxylation is 2. The summed E-state index contributed by atoms with van der Waals surface area (Å²) in [6, 6.07) is 14.4. The third kappa shape index (κ3) is 3.54. The Morgan fingerprint density at radius 2 is 1.81 bits per heavy atom. The van der Waals surface area contributed by atoms with Crippen molar-refractivity contribution in [2.75, 3.05) is 11.9 Å². The number of benzene rings is 2. The molecule has 0 heterocycles. The summed E-state index contributed by atoms with van der Waals surface area (Å²) in [5.41, 5.74) is 11.0. The summed E-state index contributed by atoms with van der Waals surface area (Å²) in [7, 11) is 2.05. The molecule has 4 heteroatoms. The average Bonchev–Trinajstić information content (AvgIpc) is 2.48. The minimum absolute atomic E-state index is 0.139. The number of nitrogens with zero attached hydrogens (tertiary/aromatic N) is 2. The number of rotatable bonds is 4. The molecule has 3 N–H and O–H groups in total. The zero-order valence-corrected chi connectivity index (χ0v) is 12.7. The molecule has 0 fully saturated rings. The molecule has 0 bridgehead atoms. The van der Waals surface area contributed by atoms with Crippen LogP contribution in [0.1, 0.15) is 22.3 Å². The van der Waals surface area contributed by atoms with Crippen molar-refractivity contribution in [2.24, 2.45) is 10.9 Å². The monoisotopic (exact) mass is 283 g/mol. The highest BCUT2D eigenvalue weighted by molar-refractivity contribution is 5.98. The van der Waals surface area contributed by atoms with Crippen LogP contribution in [0.15, 0.2) is 47.6 Å². The van der Waals surface area contributed by atoms with Gasteiger partial charge in [0.1, 0.15) is 0 Å². The molecule has 0 amide bonds. The summed E-state index contributed by atoms with van der Waals surface area (Å²) < 4.78 is 0. The van der Waals surface area contributed by atoms with Gasteiger partial charge in [-0.2, -0.15) is 0 Å². The SMILES string of the molecule is Cc1ccc(CN(C)c2ccc(/C(N)=N/O)c(C)c2)cc1. The zero-order valence-electron chi connectivity index (χ0n) is 12.7. The van der Waals surface area contributed by atoms with E-state index < -0.39 is 0 Å². The maximum atomic E-state index is 8.76. The summed E-state index contributed by atoms with van der Waals surface area (Å²) in [5, 5.41) is 11.8. The van der Waals surface area contributed by atoms with Crippen LogP contribution in [0.4, 0.5) is 5.69 Å². The molecule has 2 aromatic carbocycles. The van der Waals surface area contributed by atoms with E-state index in [0.717, 1.165) is 23.4 Å². The van der Waals surface area contributed by atoms with E-state index in [1.165, 1.54) is 11.1 Å². The van der Waals surface area contributed by atoms with E-state index >= 15 is 0 Å². The molecule has 0 radical (unpaired) electrons. The van der Waals surface area contributed by atoms with Crippen molar-refractivity contribution in [3.8, 4) is 0 Å².